The maximum absolute atomic E-state index is 13.8. The summed E-state index contributed by atoms with van der Waals surface area (Å²) < 4.78 is 32.7. The molecule has 1 aromatic carbocycles. The number of ether oxygens (including phenoxy) is 1. The molecule has 1 aromatic rings. The molecule has 0 saturated carbocycles. The van der Waals surface area contributed by atoms with Crippen molar-refractivity contribution >= 4 is 23.3 Å². The molecular formula is C17H19F2N5O3. The second-order valence-electron chi connectivity index (χ2n) is 5.72. The molecule has 8 nitrogen and oxygen atoms in total. The maximum atomic E-state index is 13.8. The molecule has 1 aliphatic heterocycles. The Labute approximate surface area is 153 Å². The van der Waals surface area contributed by atoms with Crippen LogP contribution in [0.25, 0.3) is 0 Å². The lowest BCUT2D eigenvalue weighted by Gasteiger charge is -2.33. The number of nitrogens with two attached hydrogens (primary N) is 2. The third-order valence-corrected chi connectivity index (χ3v) is 3.77. The summed E-state index contributed by atoms with van der Waals surface area (Å²) >= 11 is 0. The molecular weight excluding hydrogens is 360 g/mol. The summed E-state index contributed by atoms with van der Waals surface area (Å²) in [7, 11) is 0. The number of amides is 2. The molecule has 144 valence electrons. The topological polar surface area (TPSA) is 132 Å². The summed E-state index contributed by atoms with van der Waals surface area (Å²) in [6, 6.07) is 5.82. The van der Waals surface area contributed by atoms with E-state index in [-0.39, 0.29) is 35.9 Å². The minimum atomic E-state index is -2.87. The monoisotopic (exact) mass is 379 g/mol. The average molecular weight is 379 g/mol. The Morgan fingerprint density at radius 3 is 2.74 bits per heavy atom. The first-order chi connectivity index (χ1) is 12.8. The number of benzene rings is 1. The zero-order valence-corrected chi connectivity index (χ0v) is 14.2. The summed E-state index contributed by atoms with van der Waals surface area (Å²) in [5.74, 6) is 3.65. The van der Waals surface area contributed by atoms with Gasteiger partial charge in [0.15, 0.2) is 5.54 Å². The van der Waals surface area contributed by atoms with Crippen molar-refractivity contribution in [3.05, 3.63) is 54.1 Å². The van der Waals surface area contributed by atoms with Gasteiger partial charge in [0.25, 0.3) is 18.2 Å². The van der Waals surface area contributed by atoms with Gasteiger partial charge in [-0.2, -0.15) is 0 Å². The molecule has 2 rings (SSSR count). The van der Waals surface area contributed by atoms with Gasteiger partial charge in [-0.3, -0.25) is 20.0 Å². The second-order valence-corrected chi connectivity index (χ2v) is 5.72. The fraction of sp³-hybridized carbons (Fsp3) is 0.235. The number of amidine groups is 1. The lowest BCUT2D eigenvalue weighted by molar-refractivity contribution is -0.116. The van der Waals surface area contributed by atoms with Crippen LogP contribution in [0.2, 0.25) is 0 Å². The second kappa shape index (κ2) is 8.52. The van der Waals surface area contributed by atoms with E-state index in [0.717, 1.165) is 6.08 Å². The fourth-order valence-corrected chi connectivity index (χ4v) is 2.40. The molecule has 0 spiro atoms. The van der Waals surface area contributed by atoms with Crippen molar-refractivity contribution in [2.75, 3.05) is 18.5 Å². The zero-order valence-electron chi connectivity index (χ0n) is 14.2. The highest BCUT2D eigenvalue weighted by Crippen LogP contribution is 2.36. The first-order valence-corrected chi connectivity index (χ1v) is 7.78. The van der Waals surface area contributed by atoms with Crippen LogP contribution in [0.15, 0.2) is 53.6 Å². The van der Waals surface area contributed by atoms with E-state index < -0.39 is 23.8 Å². The highest BCUT2D eigenvalue weighted by molar-refractivity contribution is 6.06. The molecule has 0 fully saturated rings. The SMILES string of the molecule is C=C(/C=C\C(=O)NN)C(=O)Nc1cccc(C2(C(F)F)COCC(N)=N2)c1. The maximum Gasteiger partial charge on any atom is 0.269 e. The Balaban J connectivity index is 2.23. The number of rotatable bonds is 6. The van der Waals surface area contributed by atoms with Gasteiger partial charge in [0, 0.05) is 17.3 Å². The van der Waals surface area contributed by atoms with Gasteiger partial charge in [0.05, 0.1) is 6.61 Å². The zero-order chi connectivity index (χ0) is 20.0. The van der Waals surface area contributed by atoms with Gasteiger partial charge >= 0.3 is 0 Å². The predicted octanol–water partition coefficient (Wildman–Crippen LogP) is 0.575. The minimum absolute atomic E-state index is 0.0204. The number of hydrogen-bond acceptors (Lipinski definition) is 6. The van der Waals surface area contributed by atoms with E-state index in [4.69, 9.17) is 16.3 Å². The van der Waals surface area contributed by atoms with E-state index in [0.29, 0.717) is 0 Å². The molecule has 10 heteroatoms. The van der Waals surface area contributed by atoms with Crippen molar-refractivity contribution in [1.82, 2.24) is 5.43 Å². The first-order valence-electron chi connectivity index (χ1n) is 7.78. The third-order valence-electron chi connectivity index (χ3n) is 3.77. The van der Waals surface area contributed by atoms with Crippen LogP contribution in [-0.4, -0.2) is 37.3 Å². The van der Waals surface area contributed by atoms with Crippen molar-refractivity contribution < 1.29 is 23.1 Å². The van der Waals surface area contributed by atoms with Gasteiger partial charge in [-0.1, -0.05) is 18.7 Å². The first kappa shape index (κ1) is 20.2. The Kier molecular flexibility index (Phi) is 6.37. The lowest BCUT2D eigenvalue weighted by Crippen LogP contribution is -2.44. The van der Waals surface area contributed by atoms with E-state index in [1.54, 1.807) is 0 Å². The lowest BCUT2D eigenvalue weighted by atomic mass is 9.90. The van der Waals surface area contributed by atoms with Crippen LogP contribution in [0.3, 0.4) is 0 Å². The molecule has 0 bridgehead atoms. The summed E-state index contributed by atoms with van der Waals surface area (Å²) in [6.45, 7) is 3.16. The van der Waals surface area contributed by atoms with Crippen molar-refractivity contribution in [2.24, 2.45) is 16.6 Å². The number of halogens is 2. The van der Waals surface area contributed by atoms with Crippen LogP contribution in [0.1, 0.15) is 5.56 Å². The molecule has 1 heterocycles. The summed E-state index contributed by atoms with van der Waals surface area (Å²) in [6.07, 6.45) is -0.668. The van der Waals surface area contributed by atoms with E-state index in [2.05, 4.69) is 16.9 Å². The Morgan fingerprint density at radius 2 is 2.11 bits per heavy atom. The van der Waals surface area contributed by atoms with Gasteiger partial charge in [-0.25, -0.2) is 14.6 Å². The van der Waals surface area contributed by atoms with Crippen molar-refractivity contribution in [3.63, 3.8) is 0 Å². The van der Waals surface area contributed by atoms with Crippen molar-refractivity contribution in [1.29, 1.82) is 0 Å². The molecule has 1 unspecified atom stereocenters. The molecule has 6 N–H and O–H groups in total. The highest BCUT2D eigenvalue weighted by Gasteiger charge is 2.44. The molecule has 1 atom stereocenters. The number of carbonyl (C=O) groups excluding carboxylic acids is 2. The van der Waals surface area contributed by atoms with Crippen molar-refractivity contribution in [2.45, 2.75) is 12.0 Å². The Hall–Kier alpha value is -3.11. The van der Waals surface area contributed by atoms with E-state index >= 15 is 0 Å². The van der Waals surface area contributed by atoms with Gasteiger partial charge in [0.1, 0.15) is 12.4 Å². The van der Waals surface area contributed by atoms with Gasteiger partial charge in [-0.15, -0.1) is 0 Å². The van der Waals surface area contributed by atoms with E-state index in [1.165, 1.54) is 30.3 Å². The average Bonchev–Trinajstić information content (AvgIpc) is 2.65. The predicted molar refractivity (Wildman–Crippen MR) is 95.8 cm³/mol. The number of hydrazine groups is 1. The molecule has 0 saturated heterocycles. The number of anilines is 1. The quantitative estimate of drug-likeness (QED) is 0.189. The molecule has 2 amide bonds. The van der Waals surface area contributed by atoms with E-state index in [1.807, 2.05) is 5.43 Å². The molecule has 1 aliphatic rings. The van der Waals surface area contributed by atoms with Gasteiger partial charge < -0.3 is 15.8 Å². The summed E-state index contributed by atoms with van der Waals surface area (Å²) in [5, 5.41) is 2.51. The number of nitrogens with one attached hydrogen (secondary N) is 2. The van der Waals surface area contributed by atoms with Crippen LogP contribution in [0.4, 0.5) is 14.5 Å². The van der Waals surface area contributed by atoms with Crippen LogP contribution >= 0.6 is 0 Å². The van der Waals surface area contributed by atoms with Crippen LogP contribution in [0.5, 0.6) is 0 Å². The number of aliphatic imine (C=N–C) groups is 1. The Bertz CT molecular complexity index is 810. The summed E-state index contributed by atoms with van der Waals surface area (Å²) in [5.41, 5.74) is 5.85. The number of alkyl halides is 2. The van der Waals surface area contributed by atoms with Crippen LogP contribution < -0.4 is 22.3 Å². The standard InChI is InChI=1S/C17H19F2N5O3/c1-10(5-6-14(25)24-21)15(26)22-12-4-2-3-11(7-12)17(16(18)19)9-27-8-13(20)23-17/h2-7,16H,1,8-9,21H2,(H2,20,23)(H,22,26)(H,24,25)/b6-5-. The number of carbonyl (C=O) groups is 2. The molecule has 0 radical (unpaired) electrons. The largest absolute Gasteiger partial charge is 0.385 e. The van der Waals surface area contributed by atoms with E-state index in [9.17, 15) is 18.4 Å². The highest BCUT2D eigenvalue weighted by atomic mass is 19.3. The third kappa shape index (κ3) is 4.74. The van der Waals surface area contributed by atoms with Gasteiger partial charge in [0.2, 0.25) is 0 Å². The van der Waals surface area contributed by atoms with Gasteiger partial charge in [-0.05, 0) is 23.8 Å². The smallest absolute Gasteiger partial charge is 0.269 e. The minimum Gasteiger partial charge on any atom is -0.385 e. The number of hydrogen-bond donors (Lipinski definition) is 4. The molecule has 0 aromatic heterocycles. The number of nitrogens with zero attached hydrogens (tertiary/aromatic N) is 1. The molecule has 27 heavy (non-hydrogen) atoms. The van der Waals surface area contributed by atoms with Crippen LogP contribution in [-0.2, 0) is 19.9 Å². The Morgan fingerprint density at radius 1 is 1.37 bits per heavy atom. The van der Waals surface area contributed by atoms with Crippen LogP contribution in [0, 0.1) is 0 Å². The molecule has 0 aliphatic carbocycles. The summed E-state index contributed by atoms with van der Waals surface area (Å²) in [4.78, 5) is 27.1. The van der Waals surface area contributed by atoms with Crippen molar-refractivity contribution in [3.8, 4) is 0 Å². The normalized spacial score (nSPS) is 19.6. The fourth-order valence-electron chi connectivity index (χ4n) is 2.40.